The van der Waals surface area contributed by atoms with Gasteiger partial charge in [-0.1, -0.05) is 20.8 Å². The average molecular weight is 263 g/mol. The molecule has 0 aliphatic carbocycles. The predicted molar refractivity (Wildman–Crippen MR) is 80.7 cm³/mol. The Morgan fingerprint density at radius 1 is 1.11 bits per heavy atom. The Morgan fingerprint density at radius 3 is 2.11 bits per heavy atom. The summed E-state index contributed by atoms with van der Waals surface area (Å²) < 4.78 is 12.0. The SMILES string of the molecule is CC.CCc1cc(B2OC(C)(C)C(C)(C)O2)ccn1. The van der Waals surface area contributed by atoms with E-state index in [1.807, 2.05) is 26.1 Å². The summed E-state index contributed by atoms with van der Waals surface area (Å²) in [6, 6.07) is 4.02. The van der Waals surface area contributed by atoms with E-state index in [9.17, 15) is 0 Å². The predicted octanol–water partition coefficient (Wildman–Crippen LogP) is 2.97. The minimum absolute atomic E-state index is 0.284. The molecule has 3 nitrogen and oxygen atoms in total. The summed E-state index contributed by atoms with van der Waals surface area (Å²) >= 11 is 0. The highest BCUT2D eigenvalue weighted by Gasteiger charge is 2.51. The minimum atomic E-state index is -0.284. The molecule has 1 fully saturated rings. The van der Waals surface area contributed by atoms with Crippen LogP contribution in [-0.2, 0) is 15.7 Å². The summed E-state index contributed by atoms with van der Waals surface area (Å²) in [7, 11) is -0.284. The molecule has 1 aromatic rings. The molecule has 2 heterocycles. The molecule has 1 aliphatic heterocycles. The molecule has 4 heteroatoms. The molecule has 0 unspecified atom stereocenters. The largest absolute Gasteiger partial charge is 0.494 e. The van der Waals surface area contributed by atoms with Gasteiger partial charge in [-0.15, -0.1) is 0 Å². The maximum Gasteiger partial charge on any atom is 0.494 e. The van der Waals surface area contributed by atoms with Crippen LogP contribution in [0.3, 0.4) is 0 Å². The number of pyridine rings is 1. The van der Waals surface area contributed by atoms with Crippen LogP contribution in [-0.4, -0.2) is 23.3 Å². The first-order chi connectivity index (χ1) is 8.86. The fraction of sp³-hybridized carbons (Fsp3) is 0.667. The van der Waals surface area contributed by atoms with Gasteiger partial charge in [0.1, 0.15) is 0 Å². The van der Waals surface area contributed by atoms with Crippen molar-refractivity contribution in [2.75, 3.05) is 0 Å². The maximum absolute atomic E-state index is 6.00. The molecule has 0 aromatic carbocycles. The monoisotopic (exact) mass is 263 g/mol. The molecule has 0 amide bonds. The summed E-state index contributed by atoms with van der Waals surface area (Å²) in [5, 5.41) is 0. The Balaban J connectivity index is 0.000000861. The molecule has 0 atom stereocenters. The summed E-state index contributed by atoms with van der Waals surface area (Å²) in [6.45, 7) is 14.4. The van der Waals surface area contributed by atoms with E-state index in [-0.39, 0.29) is 18.3 Å². The molecule has 2 rings (SSSR count). The Morgan fingerprint density at radius 2 is 1.63 bits per heavy atom. The third-order valence-electron chi connectivity index (χ3n) is 3.73. The normalized spacial score (nSPS) is 19.8. The number of rotatable bonds is 2. The maximum atomic E-state index is 6.00. The van der Waals surface area contributed by atoms with Crippen molar-refractivity contribution in [1.82, 2.24) is 4.98 Å². The highest BCUT2D eigenvalue weighted by atomic mass is 16.7. The molecule has 0 bridgehead atoms. The van der Waals surface area contributed by atoms with Crippen LogP contribution < -0.4 is 5.46 Å². The van der Waals surface area contributed by atoms with Crippen molar-refractivity contribution in [2.24, 2.45) is 0 Å². The zero-order chi connectivity index (χ0) is 14.7. The molecule has 0 radical (unpaired) electrons. The number of nitrogens with zero attached hydrogens (tertiary/aromatic N) is 1. The second kappa shape index (κ2) is 6.06. The van der Waals surface area contributed by atoms with Gasteiger partial charge in [-0.3, -0.25) is 4.98 Å². The average Bonchev–Trinajstić information content (AvgIpc) is 2.61. The molecule has 0 saturated carbocycles. The third kappa shape index (κ3) is 3.37. The third-order valence-corrected chi connectivity index (χ3v) is 3.73. The van der Waals surface area contributed by atoms with Crippen molar-refractivity contribution in [1.29, 1.82) is 0 Å². The van der Waals surface area contributed by atoms with Crippen molar-refractivity contribution < 1.29 is 9.31 Å². The zero-order valence-electron chi connectivity index (χ0n) is 13.3. The first-order valence-electron chi connectivity index (χ1n) is 7.16. The van der Waals surface area contributed by atoms with Crippen LogP contribution >= 0.6 is 0 Å². The van der Waals surface area contributed by atoms with E-state index in [0.717, 1.165) is 17.6 Å². The molecule has 0 N–H and O–H groups in total. The molecule has 106 valence electrons. The van der Waals surface area contributed by atoms with Crippen molar-refractivity contribution >= 4 is 12.6 Å². The van der Waals surface area contributed by atoms with Gasteiger partial charge in [0.15, 0.2) is 0 Å². The van der Waals surface area contributed by atoms with E-state index in [1.54, 1.807) is 0 Å². The van der Waals surface area contributed by atoms with E-state index < -0.39 is 0 Å². The second-order valence-electron chi connectivity index (χ2n) is 5.52. The fourth-order valence-corrected chi connectivity index (χ4v) is 1.82. The molecule has 19 heavy (non-hydrogen) atoms. The minimum Gasteiger partial charge on any atom is -0.399 e. The number of aryl methyl sites for hydroxylation is 1. The Bertz CT molecular complexity index is 402. The van der Waals surface area contributed by atoms with E-state index in [1.165, 1.54) is 0 Å². The summed E-state index contributed by atoms with van der Waals surface area (Å²) in [4.78, 5) is 4.29. The van der Waals surface area contributed by atoms with E-state index in [2.05, 4.69) is 45.7 Å². The quantitative estimate of drug-likeness (QED) is 0.769. The highest BCUT2D eigenvalue weighted by Crippen LogP contribution is 2.36. The van der Waals surface area contributed by atoms with Gasteiger partial charge in [0.05, 0.1) is 11.2 Å². The molecular weight excluding hydrogens is 237 g/mol. The summed E-state index contributed by atoms with van der Waals surface area (Å²) in [5.74, 6) is 0. The van der Waals surface area contributed by atoms with Gasteiger partial charge in [0, 0.05) is 11.9 Å². The van der Waals surface area contributed by atoms with Gasteiger partial charge in [0.25, 0.3) is 0 Å². The van der Waals surface area contributed by atoms with E-state index in [4.69, 9.17) is 9.31 Å². The van der Waals surface area contributed by atoms with E-state index in [0.29, 0.717) is 0 Å². The Labute approximate surface area is 117 Å². The van der Waals surface area contributed by atoms with Gasteiger partial charge < -0.3 is 9.31 Å². The Kier molecular flexibility index (Phi) is 5.16. The second-order valence-corrected chi connectivity index (χ2v) is 5.52. The van der Waals surface area contributed by atoms with Crippen LogP contribution in [0.15, 0.2) is 18.3 Å². The molecule has 1 aromatic heterocycles. The molecule has 0 spiro atoms. The smallest absolute Gasteiger partial charge is 0.399 e. The molecule has 1 saturated heterocycles. The van der Waals surface area contributed by atoms with Crippen LogP contribution in [0.5, 0.6) is 0 Å². The van der Waals surface area contributed by atoms with Gasteiger partial charge in [-0.05, 0) is 51.7 Å². The highest BCUT2D eigenvalue weighted by molar-refractivity contribution is 6.62. The van der Waals surface area contributed by atoms with Crippen LogP contribution in [0.1, 0.15) is 54.2 Å². The van der Waals surface area contributed by atoms with Crippen molar-refractivity contribution in [3.8, 4) is 0 Å². The van der Waals surface area contributed by atoms with Crippen LogP contribution in [0.4, 0.5) is 0 Å². The van der Waals surface area contributed by atoms with Crippen LogP contribution in [0.25, 0.3) is 0 Å². The van der Waals surface area contributed by atoms with Crippen molar-refractivity contribution in [3.63, 3.8) is 0 Å². The van der Waals surface area contributed by atoms with E-state index >= 15 is 0 Å². The lowest BCUT2D eigenvalue weighted by molar-refractivity contribution is 0.00578. The fourth-order valence-electron chi connectivity index (χ4n) is 1.82. The number of hydrogen-bond donors (Lipinski definition) is 0. The standard InChI is InChI=1S/C13H20BNO2.C2H6/c1-6-11-9-10(7-8-15-11)14-16-12(2,3)13(4,5)17-14;1-2/h7-9H,6H2,1-5H3;1-2H3. The van der Waals surface area contributed by atoms with Gasteiger partial charge in [-0.25, -0.2) is 0 Å². The lowest BCUT2D eigenvalue weighted by Gasteiger charge is -2.32. The topological polar surface area (TPSA) is 31.4 Å². The zero-order valence-corrected chi connectivity index (χ0v) is 13.3. The Hall–Kier alpha value is -0.865. The molecule has 1 aliphatic rings. The summed E-state index contributed by atoms with van der Waals surface area (Å²) in [5.41, 5.74) is 1.55. The number of aromatic nitrogens is 1. The van der Waals surface area contributed by atoms with Crippen LogP contribution in [0, 0.1) is 0 Å². The van der Waals surface area contributed by atoms with Crippen LogP contribution in [0.2, 0.25) is 0 Å². The van der Waals surface area contributed by atoms with Gasteiger partial charge in [-0.2, -0.15) is 0 Å². The number of hydrogen-bond acceptors (Lipinski definition) is 3. The van der Waals surface area contributed by atoms with Gasteiger partial charge >= 0.3 is 7.12 Å². The first kappa shape index (κ1) is 16.2. The lowest BCUT2D eigenvalue weighted by Crippen LogP contribution is -2.41. The van der Waals surface area contributed by atoms with Gasteiger partial charge in [0.2, 0.25) is 0 Å². The molecular formula is C15H26BNO2. The summed E-state index contributed by atoms with van der Waals surface area (Å²) in [6.07, 6.45) is 2.74. The van der Waals surface area contributed by atoms with Crippen molar-refractivity contribution in [3.05, 3.63) is 24.0 Å². The lowest BCUT2D eigenvalue weighted by atomic mass is 9.79. The van der Waals surface area contributed by atoms with Crippen molar-refractivity contribution in [2.45, 2.75) is 66.1 Å². The first-order valence-corrected chi connectivity index (χ1v) is 7.16.